The molecule has 0 atom stereocenters. The van der Waals surface area contributed by atoms with E-state index in [-0.39, 0.29) is 0 Å². The monoisotopic (exact) mass is 333 g/mol. The number of hydrogen-bond donors (Lipinski definition) is 0. The van der Waals surface area contributed by atoms with Crippen molar-refractivity contribution in [3.05, 3.63) is 66.4 Å². The number of fused-ring (bicyclic) bond motifs is 1. The molecular weight excluding hydrogens is 310 g/mol. The van der Waals surface area contributed by atoms with Crippen molar-refractivity contribution >= 4 is 16.6 Å². The summed E-state index contributed by atoms with van der Waals surface area (Å²) in [5, 5.41) is 1.19. The fourth-order valence-corrected chi connectivity index (χ4v) is 3.50. The van der Waals surface area contributed by atoms with E-state index < -0.39 is 0 Å². The third-order valence-electron chi connectivity index (χ3n) is 4.89. The number of ether oxygens (including phenoxy) is 1. The smallest absolute Gasteiger partial charge is 0.121 e. The molecule has 0 radical (unpaired) electrons. The Kier molecular flexibility index (Phi) is 4.53. The number of methoxy groups -OCH3 is 1. The van der Waals surface area contributed by atoms with Crippen molar-refractivity contribution in [2.24, 2.45) is 0 Å². The summed E-state index contributed by atoms with van der Waals surface area (Å²) in [6.07, 6.45) is 1.90. The Hall–Kier alpha value is -2.59. The minimum Gasteiger partial charge on any atom is -0.497 e. The molecule has 0 N–H and O–H groups in total. The Morgan fingerprint density at radius 1 is 0.960 bits per heavy atom. The number of hydrogen-bond acceptors (Lipinski definition) is 4. The molecule has 1 aromatic heterocycles. The Bertz CT molecular complexity index is 842. The summed E-state index contributed by atoms with van der Waals surface area (Å²) in [5.74, 6) is 0.852. The third-order valence-corrected chi connectivity index (χ3v) is 4.89. The molecule has 0 unspecified atom stereocenters. The van der Waals surface area contributed by atoms with Gasteiger partial charge in [0.2, 0.25) is 0 Å². The first-order valence-corrected chi connectivity index (χ1v) is 8.77. The van der Waals surface area contributed by atoms with E-state index in [9.17, 15) is 0 Å². The van der Waals surface area contributed by atoms with Crippen molar-refractivity contribution in [3.8, 4) is 5.75 Å². The lowest BCUT2D eigenvalue weighted by Gasteiger charge is -2.36. The highest BCUT2D eigenvalue weighted by molar-refractivity contribution is 5.92. The first kappa shape index (κ1) is 15.9. The summed E-state index contributed by atoms with van der Waals surface area (Å²) in [6.45, 7) is 5.27. The van der Waals surface area contributed by atoms with Gasteiger partial charge in [0, 0.05) is 56.1 Å². The summed E-state index contributed by atoms with van der Waals surface area (Å²) in [7, 11) is 1.69. The van der Waals surface area contributed by atoms with Gasteiger partial charge in [0.1, 0.15) is 5.75 Å². The lowest BCUT2D eigenvalue weighted by atomic mass is 10.1. The maximum atomic E-state index is 5.32. The molecule has 2 aromatic carbocycles. The molecule has 2 heterocycles. The SMILES string of the molecule is COc1ccc2c(N3CCN(Cc4ccccc4)CC3)ccnc2c1. The van der Waals surface area contributed by atoms with E-state index in [1.807, 2.05) is 18.3 Å². The van der Waals surface area contributed by atoms with Crippen LogP contribution in [-0.4, -0.2) is 43.2 Å². The Morgan fingerprint density at radius 3 is 2.52 bits per heavy atom. The molecule has 4 rings (SSSR count). The highest BCUT2D eigenvalue weighted by atomic mass is 16.5. The maximum absolute atomic E-state index is 5.32. The fourth-order valence-electron chi connectivity index (χ4n) is 3.50. The molecule has 0 bridgehead atoms. The van der Waals surface area contributed by atoms with Crippen molar-refractivity contribution in [2.75, 3.05) is 38.2 Å². The number of rotatable bonds is 4. The standard InChI is InChI=1S/C21H23N3O/c1-25-18-7-8-19-20(15-18)22-10-9-21(19)24-13-11-23(12-14-24)16-17-5-3-2-4-6-17/h2-10,15H,11-14,16H2,1H3. The fraction of sp³-hybridized carbons (Fsp3) is 0.286. The summed E-state index contributed by atoms with van der Waals surface area (Å²) >= 11 is 0. The van der Waals surface area contributed by atoms with Crippen LogP contribution in [0.15, 0.2) is 60.8 Å². The molecule has 1 saturated heterocycles. The third kappa shape index (κ3) is 3.44. The van der Waals surface area contributed by atoms with E-state index in [0.29, 0.717) is 0 Å². The quantitative estimate of drug-likeness (QED) is 0.730. The lowest BCUT2D eigenvalue weighted by Crippen LogP contribution is -2.46. The van der Waals surface area contributed by atoms with Gasteiger partial charge in [0.05, 0.1) is 12.6 Å². The molecule has 1 fully saturated rings. The zero-order chi connectivity index (χ0) is 17.1. The molecule has 0 spiro atoms. The molecule has 4 heteroatoms. The second kappa shape index (κ2) is 7.11. The molecule has 1 aliphatic rings. The second-order valence-corrected chi connectivity index (χ2v) is 6.46. The van der Waals surface area contributed by atoms with Crippen LogP contribution in [0, 0.1) is 0 Å². The number of aromatic nitrogens is 1. The van der Waals surface area contributed by atoms with E-state index in [4.69, 9.17) is 4.74 Å². The highest BCUT2D eigenvalue weighted by Gasteiger charge is 2.19. The van der Waals surface area contributed by atoms with E-state index in [1.165, 1.54) is 16.6 Å². The van der Waals surface area contributed by atoms with Crippen LogP contribution >= 0.6 is 0 Å². The summed E-state index contributed by atoms with van der Waals surface area (Å²) in [4.78, 5) is 9.50. The molecule has 25 heavy (non-hydrogen) atoms. The van der Waals surface area contributed by atoms with Crippen LogP contribution in [0.2, 0.25) is 0 Å². The van der Waals surface area contributed by atoms with Gasteiger partial charge in [0.25, 0.3) is 0 Å². The van der Waals surface area contributed by atoms with Crippen molar-refractivity contribution in [2.45, 2.75) is 6.54 Å². The normalized spacial score (nSPS) is 15.5. The van der Waals surface area contributed by atoms with Gasteiger partial charge in [-0.05, 0) is 23.8 Å². The minimum absolute atomic E-state index is 0.852. The number of benzene rings is 2. The predicted octanol–water partition coefficient (Wildman–Crippen LogP) is 3.57. The van der Waals surface area contributed by atoms with E-state index in [1.54, 1.807) is 7.11 Å². The largest absolute Gasteiger partial charge is 0.497 e. The average Bonchev–Trinajstić information content (AvgIpc) is 2.68. The topological polar surface area (TPSA) is 28.6 Å². The molecule has 3 aromatic rings. The van der Waals surface area contributed by atoms with Gasteiger partial charge >= 0.3 is 0 Å². The zero-order valence-electron chi connectivity index (χ0n) is 14.6. The summed E-state index contributed by atoms with van der Waals surface area (Å²) in [5.41, 5.74) is 3.65. The van der Waals surface area contributed by atoms with Crippen LogP contribution in [0.3, 0.4) is 0 Å². The summed E-state index contributed by atoms with van der Waals surface area (Å²) < 4.78 is 5.32. The molecular formula is C21H23N3O. The Balaban J connectivity index is 1.48. The molecule has 1 aliphatic heterocycles. The minimum atomic E-state index is 0.852. The van der Waals surface area contributed by atoms with Crippen molar-refractivity contribution in [1.82, 2.24) is 9.88 Å². The van der Waals surface area contributed by atoms with Crippen LogP contribution in [-0.2, 0) is 6.54 Å². The lowest BCUT2D eigenvalue weighted by molar-refractivity contribution is 0.250. The van der Waals surface area contributed by atoms with Gasteiger partial charge in [-0.1, -0.05) is 30.3 Å². The van der Waals surface area contributed by atoms with Crippen LogP contribution in [0.5, 0.6) is 5.75 Å². The first-order valence-electron chi connectivity index (χ1n) is 8.77. The van der Waals surface area contributed by atoms with Gasteiger partial charge < -0.3 is 9.64 Å². The van der Waals surface area contributed by atoms with Crippen LogP contribution < -0.4 is 9.64 Å². The molecule has 4 nitrogen and oxygen atoms in total. The Morgan fingerprint density at radius 2 is 1.76 bits per heavy atom. The van der Waals surface area contributed by atoms with Crippen molar-refractivity contribution < 1.29 is 4.74 Å². The molecule has 128 valence electrons. The van der Waals surface area contributed by atoms with Gasteiger partial charge in [-0.2, -0.15) is 0 Å². The Labute approximate surface area is 148 Å². The number of nitrogens with zero attached hydrogens (tertiary/aromatic N) is 3. The number of pyridine rings is 1. The molecule has 0 amide bonds. The van der Waals surface area contributed by atoms with E-state index in [2.05, 4.69) is 57.2 Å². The van der Waals surface area contributed by atoms with Crippen molar-refractivity contribution in [1.29, 1.82) is 0 Å². The molecule has 0 aliphatic carbocycles. The highest BCUT2D eigenvalue weighted by Crippen LogP contribution is 2.29. The summed E-state index contributed by atoms with van der Waals surface area (Å²) in [6, 6.07) is 19.0. The van der Waals surface area contributed by atoms with Gasteiger partial charge in [-0.25, -0.2) is 0 Å². The first-order chi connectivity index (χ1) is 12.3. The van der Waals surface area contributed by atoms with E-state index >= 15 is 0 Å². The van der Waals surface area contributed by atoms with Gasteiger partial charge in [0.15, 0.2) is 0 Å². The maximum Gasteiger partial charge on any atom is 0.121 e. The van der Waals surface area contributed by atoms with Crippen LogP contribution in [0.4, 0.5) is 5.69 Å². The van der Waals surface area contributed by atoms with E-state index in [0.717, 1.165) is 44.0 Å². The second-order valence-electron chi connectivity index (χ2n) is 6.46. The van der Waals surface area contributed by atoms with Gasteiger partial charge in [-0.3, -0.25) is 9.88 Å². The molecule has 0 saturated carbocycles. The van der Waals surface area contributed by atoms with Crippen LogP contribution in [0.25, 0.3) is 10.9 Å². The number of anilines is 1. The predicted molar refractivity (Wildman–Crippen MR) is 102 cm³/mol. The van der Waals surface area contributed by atoms with Gasteiger partial charge in [-0.15, -0.1) is 0 Å². The van der Waals surface area contributed by atoms with Crippen LogP contribution in [0.1, 0.15) is 5.56 Å². The zero-order valence-corrected chi connectivity index (χ0v) is 14.6. The van der Waals surface area contributed by atoms with Crippen molar-refractivity contribution in [3.63, 3.8) is 0 Å². The number of piperazine rings is 1. The average molecular weight is 333 g/mol.